The Morgan fingerprint density at radius 1 is 1.12 bits per heavy atom. The second-order valence-electron chi connectivity index (χ2n) is 10.3. The van der Waals surface area contributed by atoms with E-state index in [4.69, 9.17) is 4.74 Å². The molecule has 1 aliphatic heterocycles. The van der Waals surface area contributed by atoms with Crippen LogP contribution in [0.1, 0.15) is 94.9 Å². The molecule has 198 valence electrons. The van der Waals surface area contributed by atoms with E-state index in [-0.39, 0.29) is 29.9 Å². The number of likely N-dealkylation sites (tertiary alicyclic amines) is 1. The summed E-state index contributed by atoms with van der Waals surface area (Å²) in [4.78, 5) is 42.4. The molecule has 0 spiro atoms. The van der Waals surface area contributed by atoms with Gasteiger partial charge in [0.1, 0.15) is 6.04 Å². The lowest BCUT2D eigenvalue weighted by Crippen LogP contribution is -2.60. The molecule has 0 bridgehead atoms. The maximum absolute atomic E-state index is 13.4. The van der Waals surface area contributed by atoms with Crippen LogP contribution in [0.15, 0.2) is 11.6 Å². The summed E-state index contributed by atoms with van der Waals surface area (Å²) < 4.78 is 5.01. The lowest BCUT2D eigenvalue weighted by atomic mass is 9.85. The number of carbonyl (C=O) groups excluding carboxylic acids is 3. The summed E-state index contributed by atoms with van der Waals surface area (Å²) in [5.41, 5.74) is 0.0245. The summed E-state index contributed by atoms with van der Waals surface area (Å²) in [6, 6.07) is -0.567. The van der Waals surface area contributed by atoms with Crippen molar-refractivity contribution < 1.29 is 19.1 Å². The van der Waals surface area contributed by atoms with Crippen LogP contribution in [0.2, 0.25) is 0 Å². The molecule has 2 unspecified atom stereocenters. The Labute approximate surface area is 208 Å². The molecule has 0 aromatic heterocycles. The van der Waals surface area contributed by atoms with Crippen LogP contribution >= 0.6 is 0 Å². The number of carbonyl (C=O) groups is 3. The number of hydrogen-bond donors (Lipinski definition) is 1. The van der Waals surface area contributed by atoms with Crippen LogP contribution in [-0.2, 0) is 19.1 Å². The van der Waals surface area contributed by atoms with Crippen LogP contribution in [0.5, 0.6) is 0 Å². The molecule has 0 saturated carbocycles. The maximum Gasteiger partial charge on any atom is 0.333 e. The fourth-order valence-corrected chi connectivity index (χ4v) is 3.87. The number of likely N-dealkylation sites (N-methyl/N-ethyl adjacent to an activating group) is 1. The Morgan fingerprint density at radius 2 is 1.71 bits per heavy atom. The van der Waals surface area contributed by atoms with Crippen molar-refractivity contribution in [2.45, 2.75) is 113 Å². The molecule has 1 heterocycles. The van der Waals surface area contributed by atoms with Crippen molar-refractivity contribution in [2.24, 2.45) is 5.41 Å². The first-order valence-corrected chi connectivity index (χ1v) is 13.0. The summed E-state index contributed by atoms with van der Waals surface area (Å²) in [5.74, 6) is -0.586. The number of ether oxygens (including phenoxy) is 1. The molecule has 0 radical (unpaired) electrons. The first-order chi connectivity index (χ1) is 15.8. The third kappa shape index (κ3) is 10.6. The van der Waals surface area contributed by atoms with Gasteiger partial charge in [-0.2, -0.15) is 0 Å². The lowest BCUT2D eigenvalue weighted by Gasteiger charge is -2.40. The van der Waals surface area contributed by atoms with Gasteiger partial charge in [0.2, 0.25) is 11.8 Å². The van der Waals surface area contributed by atoms with E-state index < -0.39 is 11.5 Å². The average Bonchev–Trinajstić information content (AvgIpc) is 2.77. The molecule has 0 aromatic carbocycles. The Kier molecular flexibility index (Phi) is 15.0. The van der Waals surface area contributed by atoms with Gasteiger partial charge in [0, 0.05) is 24.7 Å². The molecule has 0 aliphatic carbocycles. The minimum absolute atomic E-state index is 0.0732. The first kappa shape index (κ1) is 32.1. The van der Waals surface area contributed by atoms with Crippen LogP contribution in [0, 0.1) is 5.41 Å². The highest BCUT2D eigenvalue weighted by Crippen LogP contribution is 2.24. The summed E-state index contributed by atoms with van der Waals surface area (Å²) >= 11 is 0. The quantitative estimate of drug-likeness (QED) is 0.386. The topological polar surface area (TPSA) is 79.0 Å². The number of nitrogens with zero attached hydrogens (tertiary/aromatic N) is 2. The first-order valence-electron chi connectivity index (χ1n) is 13.0. The third-order valence-electron chi connectivity index (χ3n) is 5.82. The molecule has 1 fully saturated rings. The van der Waals surface area contributed by atoms with E-state index in [2.05, 4.69) is 37.9 Å². The zero-order chi connectivity index (χ0) is 26.5. The summed E-state index contributed by atoms with van der Waals surface area (Å²) in [5, 5.41) is 3.07. The smallest absolute Gasteiger partial charge is 0.333 e. The molecule has 7 nitrogen and oxygen atoms in total. The number of rotatable bonds is 9. The Hall–Kier alpha value is -1.89. The second-order valence-corrected chi connectivity index (χ2v) is 10.3. The minimum Gasteiger partial charge on any atom is -0.463 e. The number of esters is 1. The van der Waals surface area contributed by atoms with Crippen LogP contribution in [0.25, 0.3) is 0 Å². The van der Waals surface area contributed by atoms with Gasteiger partial charge in [0.05, 0.1) is 12.6 Å². The maximum atomic E-state index is 13.4. The monoisotopic (exact) mass is 481 g/mol. The SMILES string of the molecule is CCC.CCOC(=O)/C(C)=C/CN(CC)C(=O)C(NC(=O)C1CCCCN1C(C)C)C(C)(C)C. The Morgan fingerprint density at radius 3 is 2.18 bits per heavy atom. The van der Waals surface area contributed by atoms with Crippen LogP contribution in [-0.4, -0.2) is 72.0 Å². The predicted molar refractivity (Wildman–Crippen MR) is 139 cm³/mol. The van der Waals surface area contributed by atoms with Gasteiger partial charge in [-0.3, -0.25) is 14.5 Å². The summed E-state index contributed by atoms with van der Waals surface area (Å²) in [7, 11) is 0. The van der Waals surface area contributed by atoms with E-state index in [1.165, 1.54) is 6.42 Å². The van der Waals surface area contributed by atoms with E-state index in [0.717, 1.165) is 25.8 Å². The molecular formula is C27H51N3O4. The highest BCUT2D eigenvalue weighted by Gasteiger charge is 2.38. The predicted octanol–water partition coefficient (Wildman–Crippen LogP) is 4.55. The van der Waals surface area contributed by atoms with Gasteiger partial charge in [0.25, 0.3) is 0 Å². The number of piperidine rings is 1. The van der Waals surface area contributed by atoms with E-state index >= 15 is 0 Å². The largest absolute Gasteiger partial charge is 0.463 e. The van der Waals surface area contributed by atoms with E-state index in [0.29, 0.717) is 25.3 Å². The van der Waals surface area contributed by atoms with Crippen molar-refractivity contribution in [3.8, 4) is 0 Å². The van der Waals surface area contributed by atoms with Gasteiger partial charge in [-0.05, 0) is 59.4 Å². The molecule has 1 rings (SSSR count). The lowest BCUT2D eigenvalue weighted by molar-refractivity contribution is -0.141. The van der Waals surface area contributed by atoms with Crippen molar-refractivity contribution in [1.82, 2.24) is 15.1 Å². The molecule has 2 amide bonds. The van der Waals surface area contributed by atoms with Crippen molar-refractivity contribution in [3.63, 3.8) is 0 Å². The molecular weight excluding hydrogens is 430 g/mol. The third-order valence-corrected chi connectivity index (χ3v) is 5.82. The van der Waals surface area contributed by atoms with Crippen molar-refractivity contribution >= 4 is 17.8 Å². The highest BCUT2D eigenvalue weighted by molar-refractivity contribution is 5.91. The van der Waals surface area contributed by atoms with Gasteiger partial charge in [0.15, 0.2) is 0 Å². The molecule has 1 aliphatic rings. The highest BCUT2D eigenvalue weighted by atomic mass is 16.5. The van der Waals surface area contributed by atoms with E-state index in [9.17, 15) is 14.4 Å². The standard InChI is InChI=1S/C24H43N3O4.C3H8/c1-9-26(16-14-18(5)23(30)31-10-2)22(29)20(24(6,7)8)25-21(28)19-13-11-12-15-27(19)17(3)4;1-3-2/h14,17,19-20H,9-13,15-16H2,1-8H3,(H,25,28);3H2,1-2H3/b18-14+;. The van der Waals surface area contributed by atoms with E-state index in [1.807, 2.05) is 27.7 Å². The normalized spacial score (nSPS) is 18.0. The number of nitrogens with one attached hydrogen (secondary N) is 1. The average molecular weight is 482 g/mol. The van der Waals surface area contributed by atoms with Gasteiger partial charge < -0.3 is 15.0 Å². The molecule has 34 heavy (non-hydrogen) atoms. The Bertz CT molecular complexity index is 667. The second kappa shape index (κ2) is 15.9. The fraction of sp³-hybridized carbons (Fsp3) is 0.815. The van der Waals surface area contributed by atoms with Crippen molar-refractivity contribution in [3.05, 3.63) is 11.6 Å². The molecule has 1 N–H and O–H groups in total. The van der Waals surface area contributed by atoms with Gasteiger partial charge in [-0.1, -0.05) is 53.5 Å². The number of amides is 2. The minimum atomic E-state index is -0.646. The van der Waals surface area contributed by atoms with Crippen molar-refractivity contribution in [1.29, 1.82) is 0 Å². The van der Waals surface area contributed by atoms with Gasteiger partial charge >= 0.3 is 5.97 Å². The fourth-order valence-electron chi connectivity index (χ4n) is 3.87. The molecule has 7 heteroatoms. The van der Waals surface area contributed by atoms with Crippen LogP contribution < -0.4 is 5.32 Å². The van der Waals surface area contributed by atoms with Crippen LogP contribution in [0.3, 0.4) is 0 Å². The summed E-state index contributed by atoms with van der Waals surface area (Å²) in [6.45, 7) is 21.7. The Balaban J connectivity index is 0.00000343. The van der Waals surface area contributed by atoms with Gasteiger partial charge in [-0.15, -0.1) is 0 Å². The zero-order valence-electron chi connectivity index (χ0n) is 23.5. The number of hydrogen-bond acceptors (Lipinski definition) is 5. The van der Waals surface area contributed by atoms with Crippen LogP contribution in [0.4, 0.5) is 0 Å². The van der Waals surface area contributed by atoms with E-state index in [1.54, 1.807) is 24.8 Å². The van der Waals surface area contributed by atoms with Crippen molar-refractivity contribution in [2.75, 3.05) is 26.2 Å². The molecule has 1 saturated heterocycles. The summed E-state index contributed by atoms with van der Waals surface area (Å²) in [6.07, 6.45) is 5.89. The van der Waals surface area contributed by atoms with Gasteiger partial charge in [-0.25, -0.2) is 4.79 Å². The molecule has 0 aromatic rings. The molecule has 2 atom stereocenters. The zero-order valence-corrected chi connectivity index (χ0v) is 23.5.